The maximum Gasteiger partial charge on any atom is 0.231 e. The third-order valence-electron chi connectivity index (χ3n) is 7.95. The first kappa shape index (κ1) is 16.8. The van der Waals surface area contributed by atoms with Gasteiger partial charge in [-0.15, -0.1) is 0 Å². The van der Waals surface area contributed by atoms with E-state index in [-0.39, 0.29) is 17.4 Å². The molecule has 4 fully saturated rings. The topological polar surface area (TPSA) is 80.7 Å². The van der Waals surface area contributed by atoms with E-state index in [9.17, 15) is 0 Å². The average molecular weight is 377 g/mol. The first-order valence-corrected chi connectivity index (χ1v) is 10.8. The van der Waals surface area contributed by atoms with Crippen LogP contribution in [0.2, 0.25) is 0 Å². The molecule has 4 saturated carbocycles. The number of rotatable bonds is 5. The average Bonchev–Trinajstić information content (AvgIpc) is 3.31. The van der Waals surface area contributed by atoms with E-state index in [1.54, 1.807) is 6.33 Å². The summed E-state index contributed by atoms with van der Waals surface area (Å²) in [6.45, 7) is 0. The maximum atomic E-state index is 6.97. The molecule has 146 valence electrons. The number of aromatic amines is 1. The van der Waals surface area contributed by atoms with Crippen LogP contribution in [-0.4, -0.2) is 21.2 Å². The van der Waals surface area contributed by atoms with Crippen LogP contribution in [0.4, 0.5) is 0 Å². The highest BCUT2D eigenvalue weighted by molar-refractivity contribution is 5.83. The third kappa shape index (κ3) is 2.55. The molecule has 1 unspecified atom stereocenters. The summed E-state index contributed by atoms with van der Waals surface area (Å²) in [6.07, 6.45) is 12.6. The number of hydrogen-bond acceptors (Lipinski definition) is 4. The molecule has 0 amide bonds. The van der Waals surface area contributed by atoms with Crippen molar-refractivity contribution in [1.29, 1.82) is 0 Å². The fraction of sp³-hybridized carbons (Fsp3) is 0.565. The first-order valence-electron chi connectivity index (χ1n) is 10.8. The molecular weight excluding hydrogens is 348 g/mol. The minimum Gasteiger partial charge on any atom is -0.361 e. The van der Waals surface area contributed by atoms with Crippen molar-refractivity contribution in [1.82, 2.24) is 15.1 Å². The lowest BCUT2D eigenvalue weighted by Gasteiger charge is -2.59. The quantitative estimate of drug-likeness (QED) is 0.691. The fourth-order valence-electron chi connectivity index (χ4n) is 7.45. The van der Waals surface area contributed by atoms with Gasteiger partial charge in [0, 0.05) is 23.1 Å². The van der Waals surface area contributed by atoms with Crippen molar-refractivity contribution < 1.29 is 4.52 Å². The fourth-order valence-corrected chi connectivity index (χ4v) is 7.45. The van der Waals surface area contributed by atoms with Crippen molar-refractivity contribution in [2.75, 3.05) is 0 Å². The second-order valence-electron chi connectivity index (χ2n) is 9.76. The zero-order valence-corrected chi connectivity index (χ0v) is 16.2. The molecule has 28 heavy (non-hydrogen) atoms. The Bertz CT molecular complexity index is 940. The largest absolute Gasteiger partial charge is 0.361 e. The van der Waals surface area contributed by atoms with Crippen LogP contribution in [0, 0.1) is 23.2 Å². The Kier molecular flexibility index (Phi) is 3.70. The molecule has 2 aromatic heterocycles. The lowest BCUT2D eigenvalue weighted by atomic mass is 9.45. The molecule has 5 heteroatoms. The number of aromatic nitrogens is 3. The summed E-state index contributed by atoms with van der Waals surface area (Å²) in [5.41, 5.74) is 9.68. The van der Waals surface area contributed by atoms with Gasteiger partial charge in [0.15, 0.2) is 6.33 Å². The monoisotopic (exact) mass is 376 g/mol. The first-order chi connectivity index (χ1) is 13.7. The van der Waals surface area contributed by atoms with E-state index in [1.807, 2.05) is 0 Å². The summed E-state index contributed by atoms with van der Waals surface area (Å²) >= 11 is 0. The van der Waals surface area contributed by atoms with E-state index in [0.717, 1.165) is 30.1 Å². The van der Waals surface area contributed by atoms with Crippen LogP contribution >= 0.6 is 0 Å². The van der Waals surface area contributed by atoms with Crippen molar-refractivity contribution in [2.45, 2.75) is 56.9 Å². The number of fused-ring (bicyclic) bond motifs is 1. The zero-order chi connectivity index (χ0) is 18.7. The molecule has 2 atom stereocenters. The summed E-state index contributed by atoms with van der Waals surface area (Å²) in [6, 6.07) is 8.45. The number of H-pyrrole nitrogens is 1. The SMILES string of the molecule is NC(Cc1c[nH]c2ccccc12)[C@@H](c1ncno1)C12CC3CC(CC(C3)C1)C2. The van der Waals surface area contributed by atoms with Gasteiger partial charge in [-0.05, 0) is 79.7 Å². The van der Waals surface area contributed by atoms with Crippen LogP contribution in [0.15, 0.2) is 41.3 Å². The van der Waals surface area contributed by atoms with E-state index < -0.39 is 0 Å². The van der Waals surface area contributed by atoms with E-state index in [1.165, 1.54) is 55.0 Å². The Balaban J connectivity index is 1.37. The van der Waals surface area contributed by atoms with Crippen LogP contribution < -0.4 is 5.73 Å². The van der Waals surface area contributed by atoms with Gasteiger partial charge in [-0.25, -0.2) is 0 Å². The van der Waals surface area contributed by atoms with Gasteiger partial charge >= 0.3 is 0 Å². The Morgan fingerprint density at radius 2 is 1.82 bits per heavy atom. The lowest BCUT2D eigenvalue weighted by molar-refractivity contribution is -0.0779. The van der Waals surface area contributed by atoms with Gasteiger partial charge in [-0.3, -0.25) is 0 Å². The third-order valence-corrected chi connectivity index (χ3v) is 7.95. The highest BCUT2D eigenvalue weighted by Gasteiger charge is 2.56. The summed E-state index contributed by atoms with van der Waals surface area (Å²) in [5, 5.41) is 5.22. The molecule has 0 aliphatic heterocycles. The normalized spacial score (nSPS) is 33.4. The van der Waals surface area contributed by atoms with Crippen molar-refractivity contribution >= 4 is 10.9 Å². The predicted molar refractivity (Wildman–Crippen MR) is 108 cm³/mol. The molecule has 7 rings (SSSR count). The van der Waals surface area contributed by atoms with E-state index in [0.29, 0.717) is 0 Å². The van der Waals surface area contributed by atoms with Gasteiger partial charge in [0.2, 0.25) is 5.89 Å². The molecule has 1 aromatic carbocycles. The summed E-state index contributed by atoms with van der Waals surface area (Å²) in [7, 11) is 0. The maximum absolute atomic E-state index is 6.97. The Morgan fingerprint density at radius 1 is 1.11 bits per heavy atom. The predicted octanol–water partition coefficient (Wildman–Crippen LogP) is 4.42. The molecule has 4 bridgehead atoms. The number of nitrogens with zero attached hydrogens (tertiary/aromatic N) is 2. The van der Waals surface area contributed by atoms with E-state index in [4.69, 9.17) is 10.3 Å². The van der Waals surface area contributed by atoms with E-state index >= 15 is 0 Å². The van der Waals surface area contributed by atoms with Crippen molar-refractivity contribution in [3.63, 3.8) is 0 Å². The van der Waals surface area contributed by atoms with Gasteiger partial charge in [0.1, 0.15) is 0 Å². The minimum atomic E-state index is -0.0177. The number of nitrogens with one attached hydrogen (secondary N) is 1. The second-order valence-corrected chi connectivity index (χ2v) is 9.76. The lowest BCUT2D eigenvalue weighted by Crippen LogP contribution is -2.53. The van der Waals surface area contributed by atoms with Crippen LogP contribution in [0.3, 0.4) is 0 Å². The number of nitrogens with two attached hydrogens (primary N) is 1. The molecule has 4 aliphatic rings. The summed E-state index contributed by atoms with van der Waals surface area (Å²) in [4.78, 5) is 7.92. The van der Waals surface area contributed by atoms with Gasteiger partial charge in [-0.2, -0.15) is 4.98 Å². The van der Waals surface area contributed by atoms with Crippen molar-refractivity contribution in [3.8, 4) is 0 Å². The number of hydrogen-bond donors (Lipinski definition) is 2. The van der Waals surface area contributed by atoms with Gasteiger partial charge in [0.25, 0.3) is 0 Å². The molecule has 4 aliphatic carbocycles. The van der Waals surface area contributed by atoms with Gasteiger partial charge in [0.05, 0.1) is 5.92 Å². The Labute approximate surface area is 165 Å². The van der Waals surface area contributed by atoms with Crippen molar-refractivity contribution in [3.05, 3.63) is 48.2 Å². The smallest absolute Gasteiger partial charge is 0.231 e. The minimum absolute atomic E-state index is 0.0177. The highest BCUT2D eigenvalue weighted by atomic mass is 16.5. The molecular formula is C23H28N4O. The molecule has 3 aromatic rings. The van der Waals surface area contributed by atoms with Crippen LogP contribution in [-0.2, 0) is 6.42 Å². The van der Waals surface area contributed by atoms with Gasteiger partial charge < -0.3 is 15.2 Å². The Hall–Kier alpha value is -2.14. The van der Waals surface area contributed by atoms with Gasteiger partial charge in [-0.1, -0.05) is 23.4 Å². The second kappa shape index (κ2) is 6.18. The van der Waals surface area contributed by atoms with Crippen LogP contribution in [0.1, 0.15) is 55.9 Å². The highest BCUT2D eigenvalue weighted by Crippen LogP contribution is 2.65. The van der Waals surface area contributed by atoms with E-state index in [2.05, 4.69) is 45.6 Å². The van der Waals surface area contributed by atoms with Crippen molar-refractivity contribution in [2.24, 2.45) is 28.9 Å². The standard InChI is InChI=1S/C23H28N4O/c24-19(8-17-12-25-20-4-2-1-3-18(17)20)21(22-26-13-27-28-22)23-9-14-5-15(10-23)7-16(6-14)11-23/h1-4,12-16,19,21,25H,5-11,24H2/t14?,15?,16?,19?,21-,23?/m0/s1. The molecule has 0 spiro atoms. The molecule has 2 heterocycles. The summed E-state index contributed by atoms with van der Waals surface area (Å²) < 4.78 is 5.66. The Morgan fingerprint density at radius 3 is 2.50 bits per heavy atom. The summed E-state index contributed by atoms with van der Waals surface area (Å²) in [5.74, 6) is 3.53. The molecule has 3 N–H and O–H groups in total. The van der Waals surface area contributed by atoms with Crippen LogP contribution in [0.25, 0.3) is 10.9 Å². The molecule has 5 nitrogen and oxygen atoms in total. The molecule has 0 radical (unpaired) electrons. The number of para-hydroxylation sites is 1. The van der Waals surface area contributed by atoms with Crippen LogP contribution in [0.5, 0.6) is 0 Å². The zero-order valence-electron chi connectivity index (χ0n) is 16.2. The molecule has 0 saturated heterocycles. The number of benzene rings is 1.